The number of rotatable bonds is 7. The summed E-state index contributed by atoms with van der Waals surface area (Å²) in [6.45, 7) is 10.3. The molecule has 1 aromatic rings. The first-order valence-corrected chi connectivity index (χ1v) is 16.5. The van der Waals surface area contributed by atoms with Gasteiger partial charge in [0, 0.05) is 5.04 Å². The monoisotopic (exact) mass is 354 g/mol. The average Bonchev–Trinajstić information content (AvgIpc) is 2.64. The Balaban J connectivity index is 2.14. The fourth-order valence-corrected chi connectivity index (χ4v) is 25.0. The van der Waals surface area contributed by atoms with Gasteiger partial charge in [-0.15, -0.1) is 0 Å². The van der Waals surface area contributed by atoms with Crippen molar-refractivity contribution in [3.63, 3.8) is 0 Å². The first-order valence-electron chi connectivity index (χ1n) is 9.98. The molecule has 3 aliphatic rings. The summed E-state index contributed by atoms with van der Waals surface area (Å²) in [5.74, 6) is 0. The molecular formula is C22H34Si2. The molecule has 0 fully saturated rings. The van der Waals surface area contributed by atoms with E-state index in [-0.39, 0.29) is 5.04 Å². The third-order valence-corrected chi connectivity index (χ3v) is 28.2. The molecule has 0 saturated carbocycles. The quantitative estimate of drug-likeness (QED) is 0.373. The Morgan fingerprint density at radius 1 is 0.875 bits per heavy atom. The fraction of sp³-hybridized carbons (Fsp3) is 0.545. The van der Waals surface area contributed by atoms with E-state index in [0.717, 1.165) is 5.54 Å². The van der Waals surface area contributed by atoms with Crippen LogP contribution in [0.3, 0.4) is 0 Å². The van der Waals surface area contributed by atoms with Gasteiger partial charge in [0.05, 0.1) is 15.2 Å². The highest BCUT2D eigenvalue weighted by molar-refractivity contribution is 7.44. The average molecular weight is 355 g/mol. The lowest BCUT2D eigenvalue weighted by Gasteiger charge is -2.62. The molecule has 1 aliphatic carbocycles. The molecule has 2 heterocycles. The number of unbranched alkanes of at least 4 members (excludes halogenated alkanes) is 2. The van der Waals surface area contributed by atoms with Gasteiger partial charge < -0.3 is 0 Å². The summed E-state index contributed by atoms with van der Waals surface area (Å²) in [7, 11) is -2.77. The first-order chi connectivity index (χ1) is 11.5. The maximum absolute atomic E-state index is 2.79. The molecule has 2 heteroatoms. The lowest BCUT2D eigenvalue weighted by Crippen LogP contribution is -2.74. The third kappa shape index (κ3) is 2.45. The standard InChI is InChI=1S/C22H34Si2/c1-5-7-18-23(3)21-14-16-22(17-15-21,20-12-10-9-11-13-20)24(23,4)19-8-6-2/h9-17,21H,5-8,18-19H2,1-4H3. The van der Waals surface area contributed by atoms with Gasteiger partial charge in [-0.25, -0.2) is 0 Å². The van der Waals surface area contributed by atoms with E-state index >= 15 is 0 Å². The summed E-state index contributed by atoms with van der Waals surface area (Å²) in [6, 6.07) is 14.5. The Morgan fingerprint density at radius 2 is 1.46 bits per heavy atom. The molecule has 0 N–H and O–H groups in total. The highest BCUT2D eigenvalue weighted by atomic mass is 29.3. The molecule has 2 atom stereocenters. The van der Waals surface area contributed by atoms with E-state index in [1.165, 1.54) is 37.8 Å². The van der Waals surface area contributed by atoms with E-state index in [1.807, 2.05) is 0 Å². The van der Waals surface area contributed by atoms with Gasteiger partial charge in [0.1, 0.15) is 0 Å². The van der Waals surface area contributed by atoms with Crippen LogP contribution in [0, 0.1) is 0 Å². The molecule has 2 aliphatic heterocycles. The Labute approximate surface area is 150 Å². The van der Waals surface area contributed by atoms with Gasteiger partial charge >= 0.3 is 0 Å². The molecule has 0 radical (unpaired) electrons. The molecule has 1 aromatic carbocycles. The maximum Gasteiger partial charge on any atom is 0.0665 e. The maximum atomic E-state index is 2.79. The number of benzene rings is 1. The first kappa shape index (κ1) is 17.9. The smallest absolute Gasteiger partial charge is 0.0665 e. The summed E-state index contributed by atoms with van der Waals surface area (Å²) >= 11 is 0. The molecule has 0 saturated heterocycles. The van der Waals surface area contributed by atoms with Crippen LogP contribution < -0.4 is 0 Å². The van der Waals surface area contributed by atoms with Crippen LogP contribution in [0.2, 0.25) is 30.7 Å². The van der Waals surface area contributed by atoms with Crippen LogP contribution in [0.4, 0.5) is 0 Å². The second-order valence-electron chi connectivity index (χ2n) is 8.44. The summed E-state index contributed by atoms with van der Waals surface area (Å²) in [6.07, 6.45) is 16.0. The van der Waals surface area contributed by atoms with Gasteiger partial charge in [-0.3, -0.25) is 0 Å². The van der Waals surface area contributed by atoms with Crippen LogP contribution in [-0.2, 0) is 5.04 Å². The van der Waals surface area contributed by atoms with Crippen molar-refractivity contribution in [2.75, 3.05) is 0 Å². The van der Waals surface area contributed by atoms with E-state index in [1.54, 1.807) is 5.56 Å². The van der Waals surface area contributed by atoms with Crippen LogP contribution in [0.1, 0.15) is 45.1 Å². The predicted octanol–water partition coefficient (Wildman–Crippen LogP) is 6.81. The van der Waals surface area contributed by atoms with Crippen molar-refractivity contribution in [1.82, 2.24) is 0 Å². The Bertz CT molecular complexity index is 604. The Morgan fingerprint density at radius 3 is 2.04 bits per heavy atom. The molecule has 0 nitrogen and oxygen atoms in total. The van der Waals surface area contributed by atoms with Crippen molar-refractivity contribution >= 4 is 15.2 Å². The van der Waals surface area contributed by atoms with Gasteiger partial charge in [0.2, 0.25) is 0 Å². The normalized spacial score (nSPS) is 37.1. The van der Waals surface area contributed by atoms with E-state index in [9.17, 15) is 0 Å². The van der Waals surface area contributed by atoms with Crippen LogP contribution in [0.15, 0.2) is 54.6 Å². The summed E-state index contributed by atoms with van der Waals surface area (Å²) in [5, 5.41) is 0.257. The minimum atomic E-state index is -1.45. The zero-order chi connectivity index (χ0) is 17.3. The summed E-state index contributed by atoms with van der Waals surface area (Å²) in [4.78, 5) is 0. The van der Waals surface area contributed by atoms with Crippen molar-refractivity contribution in [2.45, 2.75) is 75.3 Å². The van der Waals surface area contributed by atoms with Gasteiger partial charge in [-0.05, 0) is 11.1 Å². The number of allylic oxidation sites excluding steroid dienone is 4. The van der Waals surface area contributed by atoms with Crippen molar-refractivity contribution in [3.8, 4) is 0 Å². The Hall–Kier alpha value is -0.866. The lowest BCUT2D eigenvalue weighted by atomic mass is 9.93. The van der Waals surface area contributed by atoms with E-state index in [4.69, 9.17) is 0 Å². The van der Waals surface area contributed by atoms with Crippen molar-refractivity contribution in [3.05, 3.63) is 60.2 Å². The van der Waals surface area contributed by atoms with Gasteiger partial charge in [0.15, 0.2) is 0 Å². The topological polar surface area (TPSA) is 0 Å². The van der Waals surface area contributed by atoms with Gasteiger partial charge in [-0.2, -0.15) is 0 Å². The number of hydrogen-bond acceptors (Lipinski definition) is 0. The van der Waals surface area contributed by atoms with Gasteiger partial charge in [0.25, 0.3) is 0 Å². The predicted molar refractivity (Wildman–Crippen MR) is 113 cm³/mol. The molecule has 130 valence electrons. The van der Waals surface area contributed by atoms with E-state index in [2.05, 4.69) is 81.6 Å². The third-order valence-electron chi connectivity index (χ3n) is 7.37. The second-order valence-corrected chi connectivity index (χ2v) is 23.2. The number of hydrogen-bond donors (Lipinski definition) is 0. The second kappa shape index (κ2) is 6.80. The SMILES string of the molecule is CCCC[Si]1(C)C2C=CC(c3ccccc3)(C=C2)[Si]1(C)CCCC. The van der Waals surface area contributed by atoms with E-state index < -0.39 is 15.2 Å². The van der Waals surface area contributed by atoms with Crippen molar-refractivity contribution < 1.29 is 0 Å². The molecule has 2 bridgehead atoms. The van der Waals surface area contributed by atoms with Crippen LogP contribution in [-0.4, -0.2) is 15.2 Å². The Kier molecular flexibility index (Phi) is 5.08. The summed E-state index contributed by atoms with van der Waals surface area (Å²) in [5.41, 5.74) is 2.36. The lowest BCUT2D eigenvalue weighted by molar-refractivity contribution is 0.792. The molecular weight excluding hydrogens is 320 g/mol. The molecule has 4 rings (SSSR count). The highest BCUT2D eigenvalue weighted by Crippen LogP contribution is 2.57. The minimum absolute atomic E-state index is 0.257. The van der Waals surface area contributed by atoms with Crippen LogP contribution >= 0.6 is 0 Å². The zero-order valence-corrected chi connectivity index (χ0v) is 18.0. The van der Waals surface area contributed by atoms with Crippen molar-refractivity contribution in [1.29, 1.82) is 0 Å². The molecule has 0 spiro atoms. The molecule has 24 heavy (non-hydrogen) atoms. The highest BCUT2D eigenvalue weighted by Gasteiger charge is 2.64. The van der Waals surface area contributed by atoms with Crippen molar-refractivity contribution in [2.24, 2.45) is 0 Å². The molecule has 0 aromatic heterocycles. The van der Waals surface area contributed by atoms with E-state index in [0.29, 0.717) is 0 Å². The van der Waals surface area contributed by atoms with Crippen LogP contribution in [0.25, 0.3) is 0 Å². The molecule has 2 unspecified atom stereocenters. The summed E-state index contributed by atoms with van der Waals surface area (Å²) < 4.78 is 0. The van der Waals surface area contributed by atoms with Gasteiger partial charge in [-0.1, -0.05) is 119 Å². The fourth-order valence-electron chi connectivity index (χ4n) is 5.50. The minimum Gasteiger partial charge on any atom is -0.0837 e. The number of fused-ring (bicyclic) bond motifs is 1. The van der Waals surface area contributed by atoms with Crippen LogP contribution in [0.5, 0.6) is 0 Å². The molecule has 0 amide bonds. The zero-order valence-electron chi connectivity index (χ0n) is 16.0. The largest absolute Gasteiger partial charge is 0.0837 e.